The number of rotatable bonds is 8. The zero-order chi connectivity index (χ0) is 26.9. The van der Waals surface area contributed by atoms with Crippen molar-refractivity contribution in [2.45, 2.75) is 89.0 Å². The lowest BCUT2D eigenvalue weighted by Crippen LogP contribution is -2.39. The van der Waals surface area contributed by atoms with Crippen molar-refractivity contribution in [3.05, 3.63) is 34.4 Å². The zero-order valence-electron chi connectivity index (χ0n) is 20.5. The minimum Gasteiger partial charge on any atom is -0.456 e. The van der Waals surface area contributed by atoms with Gasteiger partial charge in [0.2, 0.25) is 6.29 Å². The highest BCUT2D eigenvalue weighted by Gasteiger charge is 2.51. The van der Waals surface area contributed by atoms with Crippen molar-refractivity contribution in [1.82, 2.24) is 0 Å². The molecular formula is C26H32O11. The van der Waals surface area contributed by atoms with Crippen molar-refractivity contribution in [2.75, 3.05) is 0 Å². The molecule has 0 amide bonds. The third-order valence-corrected chi connectivity index (χ3v) is 7.50. The number of ether oxygens (including phenoxy) is 3. The van der Waals surface area contributed by atoms with Crippen LogP contribution in [-0.4, -0.2) is 75.0 Å². The van der Waals surface area contributed by atoms with Gasteiger partial charge in [-0.2, -0.15) is 0 Å². The Morgan fingerprint density at radius 3 is 2.41 bits per heavy atom. The number of aliphatic hydroxyl groups is 4. The molecule has 3 aliphatic heterocycles. The number of hydrogen-bond donors (Lipinski definition) is 4. The zero-order valence-corrected chi connectivity index (χ0v) is 20.5. The highest BCUT2D eigenvalue weighted by Crippen LogP contribution is 2.44. The first kappa shape index (κ1) is 27.2. The second kappa shape index (κ2) is 11.3. The normalized spacial score (nSPS) is 31.6. The van der Waals surface area contributed by atoms with E-state index in [4.69, 9.17) is 14.2 Å². The predicted octanol–water partition coefficient (Wildman–Crippen LogP) is 0.489. The van der Waals surface area contributed by atoms with Gasteiger partial charge in [0.15, 0.2) is 0 Å². The van der Waals surface area contributed by atoms with E-state index in [-0.39, 0.29) is 42.4 Å². The highest BCUT2D eigenvalue weighted by atomic mass is 16.6. The maximum Gasteiger partial charge on any atom is 0.345 e. The number of unbranched alkanes of at least 4 members (excludes halogenated alkanes) is 3. The summed E-state index contributed by atoms with van der Waals surface area (Å²) in [6.45, 7) is 2.03. The van der Waals surface area contributed by atoms with E-state index in [1.165, 1.54) is 12.2 Å². The lowest BCUT2D eigenvalue weighted by molar-refractivity contribution is -0.155. The summed E-state index contributed by atoms with van der Waals surface area (Å²) in [5.74, 6) is -6.05. The van der Waals surface area contributed by atoms with Crippen molar-refractivity contribution in [1.29, 1.82) is 0 Å². The Balaban J connectivity index is 1.77. The van der Waals surface area contributed by atoms with Gasteiger partial charge < -0.3 is 34.6 Å². The molecule has 0 radical (unpaired) electrons. The fourth-order valence-electron chi connectivity index (χ4n) is 5.59. The van der Waals surface area contributed by atoms with E-state index in [1.807, 2.05) is 6.92 Å². The second-order valence-electron chi connectivity index (χ2n) is 9.93. The molecule has 0 bridgehead atoms. The van der Waals surface area contributed by atoms with Crippen LogP contribution in [0.3, 0.4) is 0 Å². The summed E-state index contributed by atoms with van der Waals surface area (Å²) in [4.78, 5) is 49.9. The maximum absolute atomic E-state index is 12.9. The van der Waals surface area contributed by atoms with Gasteiger partial charge in [0.25, 0.3) is 0 Å². The average Bonchev–Trinajstić information content (AvgIpc) is 3.30. The molecule has 4 aliphatic rings. The first-order chi connectivity index (χ1) is 17.6. The number of hydrogen-bond acceptors (Lipinski definition) is 11. The molecule has 0 aromatic rings. The van der Waals surface area contributed by atoms with Gasteiger partial charge in [0, 0.05) is 24.0 Å². The first-order valence-corrected chi connectivity index (χ1v) is 12.7. The topological polar surface area (TPSA) is 177 Å². The Morgan fingerprint density at radius 2 is 1.70 bits per heavy atom. The van der Waals surface area contributed by atoms with Gasteiger partial charge in [-0.15, -0.1) is 0 Å². The van der Waals surface area contributed by atoms with Crippen LogP contribution in [0.1, 0.15) is 58.3 Å². The average molecular weight is 521 g/mol. The number of cyclic esters (lactones) is 4. The highest BCUT2D eigenvalue weighted by molar-refractivity contribution is 6.13. The lowest BCUT2D eigenvalue weighted by Gasteiger charge is -2.31. The van der Waals surface area contributed by atoms with Gasteiger partial charge in [-0.1, -0.05) is 38.7 Å². The molecule has 7 atom stereocenters. The molecule has 1 aliphatic carbocycles. The maximum atomic E-state index is 12.9. The molecule has 11 nitrogen and oxygen atoms in total. The molecule has 7 unspecified atom stereocenters. The Bertz CT molecular complexity index is 1050. The van der Waals surface area contributed by atoms with Gasteiger partial charge in [-0.05, 0) is 25.2 Å². The van der Waals surface area contributed by atoms with Crippen LogP contribution in [0.2, 0.25) is 0 Å². The van der Waals surface area contributed by atoms with Crippen molar-refractivity contribution < 1.29 is 53.8 Å². The van der Waals surface area contributed by atoms with Crippen LogP contribution in [-0.2, 0) is 33.4 Å². The fraction of sp³-hybridized carbons (Fsp3) is 0.615. The molecule has 11 heteroatoms. The van der Waals surface area contributed by atoms with Crippen molar-refractivity contribution in [3.63, 3.8) is 0 Å². The van der Waals surface area contributed by atoms with E-state index in [0.29, 0.717) is 6.42 Å². The smallest absolute Gasteiger partial charge is 0.345 e. The first-order valence-electron chi connectivity index (χ1n) is 12.7. The number of carbonyl (C=O) groups excluding carboxylic acids is 4. The number of aliphatic hydroxyl groups excluding tert-OH is 4. The van der Waals surface area contributed by atoms with E-state index < -0.39 is 72.0 Å². The van der Waals surface area contributed by atoms with Crippen LogP contribution < -0.4 is 0 Å². The molecule has 4 N–H and O–H groups in total. The fourth-order valence-corrected chi connectivity index (χ4v) is 5.59. The number of esters is 4. The summed E-state index contributed by atoms with van der Waals surface area (Å²) in [5.41, 5.74) is -0.748. The molecule has 0 aromatic heterocycles. The molecule has 3 heterocycles. The molecule has 0 spiro atoms. The summed E-state index contributed by atoms with van der Waals surface area (Å²) in [7, 11) is 0. The monoisotopic (exact) mass is 520 g/mol. The van der Waals surface area contributed by atoms with Crippen LogP contribution in [0.4, 0.5) is 0 Å². The van der Waals surface area contributed by atoms with E-state index in [1.54, 1.807) is 0 Å². The molecule has 37 heavy (non-hydrogen) atoms. The molecular weight excluding hydrogens is 488 g/mol. The standard InChI is InChI=1S/C26H32O11/c1-2-3-4-5-7-15(27)20-18-13(23(31)36-25(18)33)10-12(21(29)16-8-6-9-17(28)35-16)11-14-19(22(20)30)26(34)37-24(14)32/h6,9,12,15-16,20-23,27,29-31H,2-5,7-8,10-11H2,1H3. The predicted molar refractivity (Wildman–Crippen MR) is 124 cm³/mol. The Kier molecular flexibility index (Phi) is 8.27. The van der Waals surface area contributed by atoms with E-state index in [9.17, 15) is 39.6 Å². The van der Waals surface area contributed by atoms with Gasteiger partial charge in [-0.25, -0.2) is 19.2 Å². The van der Waals surface area contributed by atoms with Crippen LogP contribution in [0.15, 0.2) is 34.4 Å². The quantitative estimate of drug-likeness (QED) is 0.152. The molecule has 0 saturated carbocycles. The van der Waals surface area contributed by atoms with Crippen LogP contribution >= 0.6 is 0 Å². The van der Waals surface area contributed by atoms with E-state index in [0.717, 1.165) is 19.3 Å². The van der Waals surface area contributed by atoms with Crippen LogP contribution in [0, 0.1) is 11.8 Å². The molecule has 0 fully saturated rings. The van der Waals surface area contributed by atoms with Crippen LogP contribution in [0.5, 0.6) is 0 Å². The largest absolute Gasteiger partial charge is 0.456 e. The van der Waals surface area contributed by atoms with Gasteiger partial charge in [0.05, 0.1) is 35.0 Å². The van der Waals surface area contributed by atoms with Crippen molar-refractivity contribution in [3.8, 4) is 0 Å². The van der Waals surface area contributed by atoms with Crippen LogP contribution in [0.25, 0.3) is 0 Å². The van der Waals surface area contributed by atoms with Crippen molar-refractivity contribution >= 4 is 23.9 Å². The number of carbonyl (C=O) groups is 4. The van der Waals surface area contributed by atoms with Gasteiger partial charge in [0.1, 0.15) is 6.10 Å². The Morgan fingerprint density at radius 1 is 0.946 bits per heavy atom. The summed E-state index contributed by atoms with van der Waals surface area (Å²) >= 11 is 0. The van der Waals surface area contributed by atoms with E-state index in [2.05, 4.69) is 0 Å². The van der Waals surface area contributed by atoms with E-state index >= 15 is 0 Å². The second-order valence-corrected chi connectivity index (χ2v) is 9.93. The molecule has 202 valence electrons. The Labute approximate surface area is 213 Å². The molecule has 4 rings (SSSR count). The SMILES string of the molecule is CCCCCCC(O)C1C2=C(CC(C(O)C3CC=CC(=O)O3)CC3=C(C(=O)OC3=O)C1O)C(O)OC2=O. The van der Waals surface area contributed by atoms with Gasteiger partial charge >= 0.3 is 23.9 Å². The summed E-state index contributed by atoms with van der Waals surface area (Å²) in [6.07, 6.45) is -1.25. The van der Waals surface area contributed by atoms with Gasteiger partial charge in [-0.3, -0.25) is 0 Å². The Hall–Kier alpha value is -2.86. The van der Waals surface area contributed by atoms with Crippen molar-refractivity contribution in [2.24, 2.45) is 11.8 Å². The minimum atomic E-state index is -1.80. The third-order valence-electron chi connectivity index (χ3n) is 7.50. The lowest BCUT2D eigenvalue weighted by atomic mass is 9.80. The summed E-state index contributed by atoms with van der Waals surface area (Å²) in [6, 6.07) is 0. The third kappa shape index (κ3) is 5.40. The summed E-state index contributed by atoms with van der Waals surface area (Å²) < 4.78 is 15.0. The molecule has 0 saturated heterocycles. The molecule has 0 aromatic carbocycles. The minimum absolute atomic E-state index is 0.0328. The summed E-state index contributed by atoms with van der Waals surface area (Å²) in [5, 5.41) is 44.2.